The van der Waals surface area contributed by atoms with Crippen LogP contribution in [-0.2, 0) is 11.2 Å². The first-order chi connectivity index (χ1) is 12.2. The lowest BCUT2D eigenvalue weighted by atomic mass is 10.00. The molecule has 0 unspecified atom stereocenters. The first kappa shape index (κ1) is 18.3. The van der Waals surface area contributed by atoms with Crippen LogP contribution in [-0.4, -0.2) is 61.0 Å². The molecule has 2 aliphatic heterocycles. The van der Waals surface area contributed by atoms with Gasteiger partial charge in [0.05, 0.1) is 6.54 Å². The maximum Gasteiger partial charge on any atom is 0.234 e. The second-order valence-electron chi connectivity index (χ2n) is 7.30. The Morgan fingerprint density at radius 3 is 2.52 bits per heavy atom. The number of benzene rings is 1. The molecule has 2 heterocycles. The number of rotatable bonds is 6. The molecule has 1 aromatic carbocycles. The lowest BCUT2D eigenvalue weighted by Crippen LogP contribution is -2.48. The molecule has 1 N–H and O–H groups in total. The summed E-state index contributed by atoms with van der Waals surface area (Å²) < 4.78 is 13.6. The van der Waals surface area contributed by atoms with Gasteiger partial charge in [0, 0.05) is 25.7 Å². The number of hydrogen-bond acceptors (Lipinski definition) is 3. The fourth-order valence-corrected chi connectivity index (χ4v) is 4.02. The molecule has 0 saturated carbocycles. The van der Waals surface area contributed by atoms with E-state index < -0.39 is 0 Å². The molecule has 0 radical (unpaired) electrons. The number of hydrogen-bond donors (Lipinski definition) is 1. The second kappa shape index (κ2) is 9.30. The van der Waals surface area contributed by atoms with Crippen LogP contribution in [0.2, 0.25) is 0 Å². The fourth-order valence-electron chi connectivity index (χ4n) is 4.02. The van der Waals surface area contributed by atoms with Gasteiger partial charge in [-0.2, -0.15) is 0 Å². The predicted octanol–water partition coefficient (Wildman–Crippen LogP) is 2.43. The molecule has 138 valence electrons. The smallest absolute Gasteiger partial charge is 0.234 e. The first-order valence-electron chi connectivity index (χ1n) is 9.69. The van der Waals surface area contributed by atoms with Crippen LogP contribution in [0.15, 0.2) is 24.3 Å². The van der Waals surface area contributed by atoms with Crippen molar-refractivity contribution < 1.29 is 9.18 Å². The molecule has 2 saturated heterocycles. The summed E-state index contributed by atoms with van der Waals surface area (Å²) >= 11 is 0. The van der Waals surface area contributed by atoms with E-state index in [0.29, 0.717) is 31.1 Å². The highest BCUT2D eigenvalue weighted by Crippen LogP contribution is 2.20. The zero-order chi connectivity index (χ0) is 17.5. The molecule has 25 heavy (non-hydrogen) atoms. The van der Waals surface area contributed by atoms with E-state index in [1.54, 1.807) is 12.1 Å². The van der Waals surface area contributed by atoms with Gasteiger partial charge in [-0.15, -0.1) is 0 Å². The standard InChI is InChI=1S/C20H30FN3O/c21-19-7-3-2-6-17(19)8-11-22-20(25)16-23-14-9-18(10-15-23)24-12-4-1-5-13-24/h2-3,6-7,18H,1,4-5,8-16H2,(H,22,25). The van der Waals surface area contributed by atoms with Gasteiger partial charge >= 0.3 is 0 Å². The van der Waals surface area contributed by atoms with Gasteiger partial charge in [0.1, 0.15) is 5.82 Å². The Labute approximate surface area is 150 Å². The molecule has 2 fully saturated rings. The van der Waals surface area contributed by atoms with Gasteiger partial charge in [-0.1, -0.05) is 24.6 Å². The highest BCUT2D eigenvalue weighted by atomic mass is 19.1. The highest BCUT2D eigenvalue weighted by molar-refractivity contribution is 5.78. The zero-order valence-corrected chi connectivity index (χ0v) is 15.1. The topological polar surface area (TPSA) is 35.6 Å². The molecule has 0 aromatic heterocycles. The highest BCUT2D eigenvalue weighted by Gasteiger charge is 2.26. The van der Waals surface area contributed by atoms with Gasteiger partial charge in [0.2, 0.25) is 5.91 Å². The lowest BCUT2D eigenvalue weighted by Gasteiger charge is -2.40. The van der Waals surface area contributed by atoms with Crippen molar-refractivity contribution in [1.82, 2.24) is 15.1 Å². The van der Waals surface area contributed by atoms with Crippen molar-refractivity contribution in [2.24, 2.45) is 0 Å². The minimum atomic E-state index is -0.198. The van der Waals surface area contributed by atoms with Crippen molar-refractivity contribution in [3.63, 3.8) is 0 Å². The van der Waals surface area contributed by atoms with E-state index in [-0.39, 0.29) is 11.7 Å². The molecule has 2 aliphatic rings. The number of nitrogens with one attached hydrogen (secondary N) is 1. The van der Waals surface area contributed by atoms with Gasteiger partial charge in [0.25, 0.3) is 0 Å². The summed E-state index contributed by atoms with van der Waals surface area (Å²) in [5, 5.41) is 2.92. The van der Waals surface area contributed by atoms with E-state index in [4.69, 9.17) is 0 Å². The summed E-state index contributed by atoms with van der Waals surface area (Å²) in [7, 11) is 0. The first-order valence-corrected chi connectivity index (χ1v) is 9.69. The molecular weight excluding hydrogens is 317 g/mol. The number of carbonyl (C=O) groups is 1. The number of piperidine rings is 2. The summed E-state index contributed by atoms with van der Waals surface area (Å²) in [6, 6.07) is 7.45. The van der Waals surface area contributed by atoms with Gasteiger partial charge in [-0.25, -0.2) is 4.39 Å². The fraction of sp³-hybridized carbons (Fsp3) is 0.650. The Bertz CT molecular complexity index is 552. The number of halogens is 1. The van der Waals surface area contributed by atoms with E-state index in [2.05, 4.69) is 15.1 Å². The molecule has 4 nitrogen and oxygen atoms in total. The van der Waals surface area contributed by atoms with Crippen molar-refractivity contribution in [1.29, 1.82) is 0 Å². The van der Waals surface area contributed by atoms with Gasteiger partial charge in [-0.3, -0.25) is 9.69 Å². The van der Waals surface area contributed by atoms with E-state index >= 15 is 0 Å². The van der Waals surface area contributed by atoms with Crippen LogP contribution in [0.25, 0.3) is 0 Å². The molecular formula is C20H30FN3O. The zero-order valence-electron chi connectivity index (χ0n) is 15.1. The van der Waals surface area contributed by atoms with Crippen molar-refractivity contribution >= 4 is 5.91 Å². The maximum absolute atomic E-state index is 13.6. The van der Waals surface area contributed by atoms with Crippen molar-refractivity contribution in [3.8, 4) is 0 Å². The summed E-state index contributed by atoms with van der Waals surface area (Å²) in [4.78, 5) is 17.0. The third kappa shape index (κ3) is 5.51. The Hall–Kier alpha value is -1.46. The molecule has 0 spiro atoms. The minimum Gasteiger partial charge on any atom is -0.355 e. The normalized spacial score (nSPS) is 20.5. The monoisotopic (exact) mass is 347 g/mol. The van der Waals surface area contributed by atoms with Crippen molar-refractivity contribution in [2.75, 3.05) is 39.3 Å². The second-order valence-corrected chi connectivity index (χ2v) is 7.30. The van der Waals surface area contributed by atoms with Gasteiger partial charge in [0.15, 0.2) is 0 Å². The van der Waals surface area contributed by atoms with Gasteiger partial charge < -0.3 is 10.2 Å². The third-order valence-electron chi connectivity index (χ3n) is 5.51. The molecule has 0 bridgehead atoms. The Balaban J connectivity index is 1.33. The maximum atomic E-state index is 13.6. The van der Waals surface area contributed by atoms with E-state index in [0.717, 1.165) is 13.1 Å². The van der Waals surface area contributed by atoms with E-state index in [9.17, 15) is 9.18 Å². The Kier molecular flexibility index (Phi) is 6.82. The SMILES string of the molecule is O=C(CN1CCC(N2CCCCC2)CC1)NCCc1ccccc1F. The predicted molar refractivity (Wildman–Crippen MR) is 98.0 cm³/mol. The molecule has 0 atom stereocenters. The van der Waals surface area contributed by atoms with Crippen molar-refractivity contribution in [2.45, 2.75) is 44.6 Å². The third-order valence-corrected chi connectivity index (χ3v) is 5.51. The Morgan fingerprint density at radius 2 is 1.80 bits per heavy atom. The van der Waals surface area contributed by atoms with Crippen LogP contribution < -0.4 is 5.32 Å². The van der Waals surface area contributed by atoms with Crippen LogP contribution in [0, 0.1) is 5.82 Å². The number of carbonyl (C=O) groups excluding carboxylic acids is 1. The number of likely N-dealkylation sites (tertiary alicyclic amines) is 2. The minimum absolute atomic E-state index is 0.0489. The van der Waals surface area contributed by atoms with Gasteiger partial charge in [-0.05, 0) is 56.8 Å². The molecule has 1 aromatic rings. The van der Waals surface area contributed by atoms with Crippen LogP contribution >= 0.6 is 0 Å². The largest absolute Gasteiger partial charge is 0.355 e. The van der Waals surface area contributed by atoms with E-state index in [1.165, 1.54) is 51.3 Å². The molecule has 5 heteroatoms. The molecule has 3 rings (SSSR count). The summed E-state index contributed by atoms with van der Waals surface area (Å²) in [5.41, 5.74) is 0.658. The van der Waals surface area contributed by atoms with Crippen LogP contribution in [0.3, 0.4) is 0 Å². The summed E-state index contributed by atoms with van der Waals surface area (Å²) in [6.45, 7) is 5.46. The van der Waals surface area contributed by atoms with Crippen molar-refractivity contribution in [3.05, 3.63) is 35.6 Å². The quantitative estimate of drug-likeness (QED) is 0.858. The van der Waals surface area contributed by atoms with Crippen LogP contribution in [0.5, 0.6) is 0 Å². The average Bonchev–Trinajstić information content (AvgIpc) is 2.65. The molecule has 0 aliphatic carbocycles. The summed E-state index contributed by atoms with van der Waals surface area (Å²) in [6.07, 6.45) is 6.93. The lowest BCUT2D eigenvalue weighted by molar-refractivity contribution is -0.122. The molecule has 1 amide bonds. The summed E-state index contributed by atoms with van der Waals surface area (Å²) in [5.74, 6) is -0.149. The van der Waals surface area contributed by atoms with Crippen LogP contribution in [0.1, 0.15) is 37.7 Å². The number of nitrogens with zero attached hydrogens (tertiary/aromatic N) is 2. The Morgan fingerprint density at radius 1 is 1.08 bits per heavy atom. The van der Waals surface area contributed by atoms with Crippen LogP contribution in [0.4, 0.5) is 4.39 Å². The number of amides is 1. The van der Waals surface area contributed by atoms with E-state index in [1.807, 2.05) is 6.07 Å². The average molecular weight is 347 g/mol.